The van der Waals surface area contributed by atoms with E-state index in [0.29, 0.717) is 0 Å². The Morgan fingerprint density at radius 2 is 2.29 bits per heavy atom. The van der Waals surface area contributed by atoms with E-state index in [4.69, 9.17) is 5.26 Å². The van der Waals surface area contributed by atoms with E-state index in [1.54, 1.807) is 6.07 Å². The summed E-state index contributed by atoms with van der Waals surface area (Å²) in [5, 5.41) is 8.38. The van der Waals surface area contributed by atoms with E-state index in [1.165, 1.54) is 0 Å². The number of pyridine rings is 1. The highest BCUT2D eigenvalue weighted by atomic mass is 79.9. The molecule has 0 aromatic carbocycles. The van der Waals surface area contributed by atoms with Gasteiger partial charge in [0.1, 0.15) is 0 Å². The molecule has 0 atom stereocenters. The van der Waals surface area contributed by atoms with Crippen LogP contribution in [0.5, 0.6) is 0 Å². The maximum absolute atomic E-state index is 12.2. The summed E-state index contributed by atoms with van der Waals surface area (Å²) in [6.07, 6.45) is -2.84. The number of nitrogens with zero attached hydrogens (tertiary/aromatic N) is 1. The van der Waals surface area contributed by atoms with E-state index >= 15 is 0 Å². The number of aromatic nitrogens is 1. The largest absolute Gasteiger partial charge is 0.348 e. The van der Waals surface area contributed by atoms with E-state index in [2.05, 4.69) is 20.9 Å². The molecular formula is C8H5BrF2N2O. The lowest BCUT2D eigenvalue weighted by Crippen LogP contribution is -2.12. The Morgan fingerprint density at radius 1 is 1.64 bits per heavy atom. The van der Waals surface area contributed by atoms with Crippen LogP contribution in [0.4, 0.5) is 8.78 Å². The Labute approximate surface area is 86.5 Å². The first-order valence-electron chi connectivity index (χ1n) is 3.63. The number of H-pyrrole nitrogens is 1. The standard InChI is InChI=1S/C8H5BrF2N2O/c9-7-4(1-2-12)6(14)3-5(13-7)8(10)11/h3,8H,1H2,(H,13,14). The van der Waals surface area contributed by atoms with Gasteiger partial charge in [-0.05, 0) is 15.9 Å². The molecule has 0 fully saturated rings. The van der Waals surface area contributed by atoms with Gasteiger partial charge in [0, 0.05) is 11.6 Å². The fraction of sp³-hybridized carbons (Fsp3) is 0.250. The van der Waals surface area contributed by atoms with Crippen LogP contribution >= 0.6 is 15.9 Å². The number of halogens is 3. The van der Waals surface area contributed by atoms with Gasteiger partial charge >= 0.3 is 0 Å². The second-order valence-electron chi connectivity index (χ2n) is 2.52. The second-order valence-corrected chi connectivity index (χ2v) is 3.31. The van der Waals surface area contributed by atoms with E-state index < -0.39 is 17.5 Å². The molecule has 0 aliphatic heterocycles. The predicted octanol–water partition coefficient (Wildman–Crippen LogP) is 2.14. The second kappa shape index (κ2) is 4.33. The predicted molar refractivity (Wildman–Crippen MR) is 49.0 cm³/mol. The number of nitrogens with one attached hydrogen (secondary N) is 1. The first-order chi connectivity index (χ1) is 6.56. The Morgan fingerprint density at radius 3 is 2.71 bits per heavy atom. The van der Waals surface area contributed by atoms with E-state index in [9.17, 15) is 13.6 Å². The Balaban J connectivity index is 3.27. The molecule has 0 radical (unpaired) electrons. The summed E-state index contributed by atoms with van der Waals surface area (Å²) >= 11 is 2.93. The van der Waals surface area contributed by atoms with Crippen LogP contribution in [0.2, 0.25) is 0 Å². The molecule has 14 heavy (non-hydrogen) atoms. The molecular weight excluding hydrogens is 258 g/mol. The summed E-state index contributed by atoms with van der Waals surface area (Å²) in [6, 6.07) is 2.58. The molecule has 1 N–H and O–H groups in total. The number of nitriles is 1. The van der Waals surface area contributed by atoms with Crippen LogP contribution in [0.1, 0.15) is 17.7 Å². The third kappa shape index (κ3) is 2.17. The molecule has 0 saturated heterocycles. The maximum Gasteiger partial charge on any atom is 0.278 e. The highest BCUT2D eigenvalue weighted by Crippen LogP contribution is 2.18. The SMILES string of the molecule is N#CCc1c(Br)[nH]c(C(F)F)cc1=O. The Kier molecular flexibility index (Phi) is 3.36. The Hall–Kier alpha value is -1.22. The molecule has 0 aliphatic carbocycles. The minimum atomic E-state index is -2.73. The number of alkyl halides is 2. The van der Waals surface area contributed by atoms with Gasteiger partial charge in [-0.1, -0.05) is 0 Å². The van der Waals surface area contributed by atoms with Crippen molar-refractivity contribution < 1.29 is 8.78 Å². The molecule has 0 saturated carbocycles. The van der Waals surface area contributed by atoms with E-state index in [1.807, 2.05) is 0 Å². The molecule has 0 aliphatic rings. The Bertz CT molecular complexity index is 436. The zero-order valence-electron chi connectivity index (χ0n) is 6.85. The van der Waals surface area contributed by atoms with Crippen molar-refractivity contribution in [2.45, 2.75) is 12.8 Å². The third-order valence-electron chi connectivity index (χ3n) is 1.59. The molecule has 0 bridgehead atoms. The minimum absolute atomic E-state index is 0.112. The molecule has 0 unspecified atom stereocenters. The van der Waals surface area contributed by atoms with Crippen molar-refractivity contribution in [1.29, 1.82) is 5.26 Å². The van der Waals surface area contributed by atoms with Crippen LogP contribution < -0.4 is 5.43 Å². The van der Waals surface area contributed by atoms with Gasteiger partial charge in [0.05, 0.1) is 22.8 Å². The van der Waals surface area contributed by atoms with Gasteiger partial charge in [0.15, 0.2) is 5.43 Å². The van der Waals surface area contributed by atoms with Crippen molar-refractivity contribution in [3.63, 3.8) is 0 Å². The number of rotatable bonds is 2. The van der Waals surface area contributed by atoms with Crippen molar-refractivity contribution in [2.24, 2.45) is 0 Å². The van der Waals surface area contributed by atoms with Crippen LogP contribution in [0.3, 0.4) is 0 Å². The van der Waals surface area contributed by atoms with Crippen LogP contribution in [-0.4, -0.2) is 4.98 Å². The normalized spacial score (nSPS) is 10.2. The van der Waals surface area contributed by atoms with Gasteiger partial charge in [0.25, 0.3) is 6.43 Å². The zero-order valence-corrected chi connectivity index (χ0v) is 8.44. The molecule has 6 heteroatoms. The van der Waals surface area contributed by atoms with Crippen LogP contribution in [0.15, 0.2) is 15.5 Å². The third-order valence-corrected chi connectivity index (χ3v) is 2.27. The zero-order chi connectivity index (χ0) is 10.7. The fourth-order valence-corrected chi connectivity index (χ4v) is 1.50. The van der Waals surface area contributed by atoms with Crippen LogP contribution in [-0.2, 0) is 6.42 Å². The highest BCUT2D eigenvalue weighted by molar-refractivity contribution is 9.10. The molecule has 1 heterocycles. The van der Waals surface area contributed by atoms with Crippen LogP contribution in [0, 0.1) is 11.3 Å². The van der Waals surface area contributed by atoms with Crippen molar-refractivity contribution in [1.82, 2.24) is 4.98 Å². The summed E-state index contributed by atoms with van der Waals surface area (Å²) in [5.74, 6) is 0. The van der Waals surface area contributed by atoms with Crippen molar-refractivity contribution >= 4 is 15.9 Å². The highest BCUT2D eigenvalue weighted by Gasteiger charge is 2.13. The number of hydrogen-bond acceptors (Lipinski definition) is 2. The number of aromatic amines is 1. The quantitative estimate of drug-likeness (QED) is 0.831. The van der Waals surface area contributed by atoms with Gasteiger partial charge in [-0.3, -0.25) is 4.79 Å². The lowest BCUT2D eigenvalue weighted by Gasteiger charge is -2.03. The molecule has 0 spiro atoms. The lowest BCUT2D eigenvalue weighted by molar-refractivity contribution is 0.145. The first kappa shape index (κ1) is 10.9. The number of hydrogen-bond donors (Lipinski definition) is 1. The summed E-state index contributed by atoms with van der Waals surface area (Å²) in [6.45, 7) is 0. The molecule has 1 rings (SSSR count). The topological polar surface area (TPSA) is 56.6 Å². The summed E-state index contributed by atoms with van der Waals surface area (Å²) in [7, 11) is 0. The average molecular weight is 263 g/mol. The van der Waals surface area contributed by atoms with E-state index in [0.717, 1.165) is 6.07 Å². The fourth-order valence-electron chi connectivity index (χ4n) is 0.936. The lowest BCUT2D eigenvalue weighted by atomic mass is 10.2. The van der Waals surface area contributed by atoms with Crippen molar-refractivity contribution in [3.8, 4) is 6.07 Å². The van der Waals surface area contributed by atoms with E-state index in [-0.39, 0.29) is 16.6 Å². The molecule has 74 valence electrons. The van der Waals surface area contributed by atoms with Crippen molar-refractivity contribution in [2.75, 3.05) is 0 Å². The van der Waals surface area contributed by atoms with Crippen LogP contribution in [0.25, 0.3) is 0 Å². The average Bonchev–Trinajstić information content (AvgIpc) is 2.10. The van der Waals surface area contributed by atoms with Gasteiger partial charge in [0.2, 0.25) is 0 Å². The van der Waals surface area contributed by atoms with Gasteiger partial charge in [-0.25, -0.2) is 8.78 Å². The van der Waals surface area contributed by atoms with Gasteiger partial charge in [-0.2, -0.15) is 5.26 Å². The maximum atomic E-state index is 12.2. The summed E-state index contributed by atoms with van der Waals surface area (Å²) < 4.78 is 24.5. The summed E-state index contributed by atoms with van der Waals surface area (Å²) in [5.41, 5.74) is -0.854. The molecule has 0 amide bonds. The van der Waals surface area contributed by atoms with Gasteiger partial charge in [-0.15, -0.1) is 0 Å². The smallest absolute Gasteiger partial charge is 0.278 e. The monoisotopic (exact) mass is 262 g/mol. The molecule has 1 aromatic heterocycles. The van der Waals surface area contributed by atoms with Gasteiger partial charge < -0.3 is 4.98 Å². The first-order valence-corrected chi connectivity index (χ1v) is 4.42. The summed E-state index contributed by atoms with van der Waals surface area (Å²) in [4.78, 5) is 13.5. The molecule has 1 aromatic rings. The minimum Gasteiger partial charge on any atom is -0.348 e. The van der Waals surface area contributed by atoms with Crippen molar-refractivity contribution in [3.05, 3.63) is 32.2 Å². The molecule has 3 nitrogen and oxygen atoms in total.